The summed E-state index contributed by atoms with van der Waals surface area (Å²) in [5.41, 5.74) is 6.79. The average Bonchev–Trinajstić information content (AvgIpc) is 3.25. The van der Waals surface area contributed by atoms with Gasteiger partial charge in [-0.15, -0.1) is 0 Å². The Balaban J connectivity index is 1.62. The predicted molar refractivity (Wildman–Crippen MR) is 77.1 cm³/mol. The molecule has 0 spiro atoms. The smallest absolute Gasteiger partial charge is 0.253 e. The van der Waals surface area contributed by atoms with Gasteiger partial charge >= 0.3 is 0 Å². The van der Waals surface area contributed by atoms with E-state index >= 15 is 0 Å². The van der Waals surface area contributed by atoms with Crippen LogP contribution in [0, 0.1) is 17.8 Å². The first-order valence-corrected chi connectivity index (χ1v) is 7.36. The fraction of sp³-hybridized carbons (Fsp3) is 0.533. The molecule has 0 aromatic heterocycles. The van der Waals surface area contributed by atoms with E-state index in [-0.39, 0.29) is 5.91 Å². The minimum absolute atomic E-state index is 0.105. The van der Waals surface area contributed by atoms with Gasteiger partial charge in [-0.25, -0.2) is 0 Å². The van der Waals surface area contributed by atoms with Crippen LogP contribution in [0.25, 0.3) is 0 Å². The number of anilines is 1. The molecule has 1 aromatic rings. The van der Waals surface area contributed by atoms with Crippen molar-refractivity contribution in [3.63, 3.8) is 0 Å². The number of carbonyl (C=O) groups excluding carboxylic acids is 1. The molecule has 1 amide bonds. The number of nitrogen functional groups attached to an aromatic ring is 1. The molecule has 0 unspecified atom stereocenters. The molecule has 0 atom stereocenters. The fourth-order valence-electron chi connectivity index (χ4n) is 2.80. The Morgan fingerprint density at radius 2 is 1.95 bits per heavy atom. The molecule has 3 rings (SSSR count). The van der Waals surface area contributed by atoms with Crippen molar-refractivity contribution in [1.29, 1.82) is 0 Å². The standard InChI is InChI=1S/C15H19ClN2O/c16-11-5-6-14(17)12(7-11)15(19)18-8-13(9-1-2-9)10-3-4-10/h5-7,9-10,13H,1-4,8,17H2,(H,18,19). The van der Waals surface area contributed by atoms with Crippen molar-refractivity contribution >= 4 is 23.2 Å². The molecule has 1 aromatic carbocycles. The van der Waals surface area contributed by atoms with Gasteiger partial charge in [-0.1, -0.05) is 11.6 Å². The molecule has 0 saturated heterocycles. The Hall–Kier alpha value is -1.22. The minimum Gasteiger partial charge on any atom is -0.398 e. The highest BCUT2D eigenvalue weighted by atomic mass is 35.5. The fourth-order valence-corrected chi connectivity index (χ4v) is 2.97. The van der Waals surface area contributed by atoms with Crippen molar-refractivity contribution in [3.8, 4) is 0 Å². The van der Waals surface area contributed by atoms with Crippen LogP contribution in [0.5, 0.6) is 0 Å². The summed E-state index contributed by atoms with van der Waals surface area (Å²) < 4.78 is 0. The van der Waals surface area contributed by atoms with Gasteiger partial charge in [0.25, 0.3) is 5.91 Å². The second kappa shape index (κ2) is 5.04. The Kier molecular flexibility index (Phi) is 3.40. The molecule has 2 saturated carbocycles. The van der Waals surface area contributed by atoms with Gasteiger partial charge in [-0.3, -0.25) is 4.79 Å². The van der Waals surface area contributed by atoms with Gasteiger partial charge in [0.15, 0.2) is 0 Å². The van der Waals surface area contributed by atoms with Crippen molar-refractivity contribution in [2.45, 2.75) is 25.7 Å². The van der Waals surface area contributed by atoms with Crippen LogP contribution in [0.4, 0.5) is 5.69 Å². The van der Waals surface area contributed by atoms with Crippen LogP contribution in [0.3, 0.4) is 0 Å². The van der Waals surface area contributed by atoms with Crippen LogP contribution in [0.15, 0.2) is 18.2 Å². The van der Waals surface area contributed by atoms with E-state index in [1.165, 1.54) is 25.7 Å². The zero-order chi connectivity index (χ0) is 13.4. The molecule has 0 radical (unpaired) electrons. The topological polar surface area (TPSA) is 55.1 Å². The van der Waals surface area contributed by atoms with Crippen LogP contribution in [-0.2, 0) is 0 Å². The summed E-state index contributed by atoms with van der Waals surface area (Å²) >= 11 is 5.91. The van der Waals surface area contributed by atoms with Crippen molar-refractivity contribution in [1.82, 2.24) is 5.32 Å². The molecule has 102 valence electrons. The lowest BCUT2D eigenvalue weighted by atomic mass is 9.98. The number of hydrogen-bond acceptors (Lipinski definition) is 2. The molecular formula is C15H19ClN2O. The number of amides is 1. The van der Waals surface area contributed by atoms with Gasteiger partial charge in [-0.2, -0.15) is 0 Å². The van der Waals surface area contributed by atoms with Crippen LogP contribution in [-0.4, -0.2) is 12.5 Å². The molecule has 0 heterocycles. The zero-order valence-corrected chi connectivity index (χ0v) is 11.6. The number of nitrogens with one attached hydrogen (secondary N) is 1. The van der Waals surface area contributed by atoms with Crippen LogP contribution in [0.2, 0.25) is 5.02 Å². The van der Waals surface area contributed by atoms with Crippen molar-refractivity contribution in [2.75, 3.05) is 12.3 Å². The first-order valence-electron chi connectivity index (χ1n) is 6.98. The van der Waals surface area contributed by atoms with Gasteiger partial charge in [0.1, 0.15) is 0 Å². The Morgan fingerprint density at radius 1 is 1.32 bits per heavy atom. The number of rotatable bonds is 5. The second-order valence-electron chi connectivity index (χ2n) is 5.78. The maximum atomic E-state index is 12.2. The lowest BCUT2D eigenvalue weighted by molar-refractivity contribution is 0.0944. The molecular weight excluding hydrogens is 260 g/mol. The normalized spacial score (nSPS) is 18.6. The Bertz CT molecular complexity index is 483. The molecule has 2 aliphatic carbocycles. The molecule has 2 fully saturated rings. The quantitative estimate of drug-likeness (QED) is 0.813. The molecule has 4 heteroatoms. The van der Waals surface area contributed by atoms with E-state index in [9.17, 15) is 4.79 Å². The third kappa shape index (κ3) is 3.03. The van der Waals surface area contributed by atoms with Crippen molar-refractivity contribution in [3.05, 3.63) is 28.8 Å². The second-order valence-corrected chi connectivity index (χ2v) is 6.22. The van der Waals surface area contributed by atoms with E-state index in [0.717, 1.165) is 18.4 Å². The predicted octanol–water partition coefficient (Wildman–Crippen LogP) is 3.09. The third-order valence-corrected chi connectivity index (χ3v) is 4.45. The maximum absolute atomic E-state index is 12.2. The average molecular weight is 279 g/mol. The molecule has 3 N–H and O–H groups in total. The number of hydrogen-bond donors (Lipinski definition) is 2. The van der Waals surface area contributed by atoms with Gasteiger partial charge in [0, 0.05) is 17.3 Å². The largest absolute Gasteiger partial charge is 0.398 e. The summed E-state index contributed by atoms with van der Waals surface area (Å²) in [5.74, 6) is 2.24. The first-order chi connectivity index (χ1) is 9.15. The van der Waals surface area contributed by atoms with E-state index < -0.39 is 0 Å². The van der Waals surface area contributed by atoms with Crippen molar-refractivity contribution in [2.24, 2.45) is 17.8 Å². The Labute approximate surface area is 118 Å². The molecule has 2 aliphatic rings. The summed E-state index contributed by atoms with van der Waals surface area (Å²) in [6, 6.07) is 5.01. The highest BCUT2D eigenvalue weighted by Gasteiger charge is 2.41. The minimum atomic E-state index is -0.105. The highest BCUT2D eigenvalue weighted by molar-refractivity contribution is 6.31. The number of nitrogens with two attached hydrogens (primary N) is 1. The van der Waals surface area contributed by atoms with Gasteiger partial charge in [0.05, 0.1) is 5.56 Å². The molecule has 19 heavy (non-hydrogen) atoms. The molecule has 0 bridgehead atoms. The molecule has 0 aliphatic heterocycles. The van der Waals surface area contributed by atoms with Crippen LogP contribution in [0.1, 0.15) is 36.0 Å². The van der Waals surface area contributed by atoms with Gasteiger partial charge in [-0.05, 0) is 61.6 Å². The maximum Gasteiger partial charge on any atom is 0.253 e. The van der Waals surface area contributed by atoms with E-state index in [4.69, 9.17) is 17.3 Å². The van der Waals surface area contributed by atoms with E-state index in [2.05, 4.69) is 5.32 Å². The summed E-state index contributed by atoms with van der Waals surface area (Å²) in [6.45, 7) is 0.778. The SMILES string of the molecule is Nc1ccc(Cl)cc1C(=O)NCC(C1CC1)C1CC1. The van der Waals surface area contributed by atoms with E-state index in [1.54, 1.807) is 18.2 Å². The number of benzene rings is 1. The zero-order valence-electron chi connectivity index (χ0n) is 10.9. The van der Waals surface area contributed by atoms with E-state index in [1.807, 2.05) is 0 Å². The third-order valence-electron chi connectivity index (χ3n) is 4.21. The van der Waals surface area contributed by atoms with E-state index in [0.29, 0.717) is 22.2 Å². The van der Waals surface area contributed by atoms with Crippen LogP contribution < -0.4 is 11.1 Å². The number of halogens is 1. The molecule has 3 nitrogen and oxygen atoms in total. The van der Waals surface area contributed by atoms with Gasteiger partial charge < -0.3 is 11.1 Å². The summed E-state index contributed by atoms with van der Waals surface area (Å²) in [7, 11) is 0. The first kappa shape index (κ1) is 12.8. The lowest BCUT2D eigenvalue weighted by Gasteiger charge is -2.16. The Morgan fingerprint density at radius 3 is 2.53 bits per heavy atom. The van der Waals surface area contributed by atoms with Crippen molar-refractivity contribution < 1.29 is 4.79 Å². The highest BCUT2D eigenvalue weighted by Crippen LogP contribution is 2.48. The summed E-state index contributed by atoms with van der Waals surface area (Å²) in [5, 5.41) is 3.57. The lowest BCUT2D eigenvalue weighted by Crippen LogP contribution is -2.31. The van der Waals surface area contributed by atoms with Gasteiger partial charge in [0.2, 0.25) is 0 Å². The summed E-state index contributed by atoms with van der Waals surface area (Å²) in [4.78, 5) is 12.2. The summed E-state index contributed by atoms with van der Waals surface area (Å²) in [6.07, 6.45) is 5.32. The number of carbonyl (C=O) groups is 1. The van der Waals surface area contributed by atoms with Crippen LogP contribution >= 0.6 is 11.6 Å². The monoisotopic (exact) mass is 278 g/mol.